The largest absolute Gasteiger partial charge is 0.462 e. The van der Waals surface area contributed by atoms with Gasteiger partial charge in [0.15, 0.2) is 6.10 Å². The molecule has 0 N–H and O–H groups in total. The second kappa shape index (κ2) is 50.8. The van der Waals surface area contributed by atoms with Gasteiger partial charge in [-0.3, -0.25) is 14.4 Å². The maximum Gasteiger partial charge on any atom is 0.306 e. The van der Waals surface area contributed by atoms with E-state index in [4.69, 9.17) is 14.2 Å². The lowest BCUT2D eigenvalue weighted by Crippen LogP contribution is -2.30. The van der Waals surface area contributed by atoms with E-state index in [0.717, 1.165) is 69.6 Å². The number of hydrogen-bond donors (Lipinski definition) is 0. The molecule has 1 unspecified atom stereocenters. The van der Waals surface area contributed by atoms with Gasteiger partial charge in [0, 0.05) is 19.3 Å². The smallest absolute Gasteiger partial charge is 0.306 e. The highest BCUT2D eigenvalue weighted by atomic mass is 16.6. The van der Waals surface area contributed by atoms with Crippen molar-refractivity contribution in [2.45, 2.75) is 330 Å². The first-order valence-electron chi connectivity index (χ1n) is 28.8. The molecular formula is C58H112O6. The average molecular weight is 906 g/mol. The summed E-state index contributed by atoms with van der Waals surface area (Å²) in [6.07, 6.45) is 53.7. The molecule has 0 aliphatic carbocycles. The van der Waals surface area contributed by atoms with Crippen molar-refractivity contribution in [2.75, 3.05) is 13.2 Å². The van der Waals surface area contributed by atoms with Crippen LogP contribution in [0, 0.1) is 11.8 Å². The Morgan fingerprint density at radius 2 is 0.594 bits per heavy atom. The number of hydrogen-bond acceptors (Lipinski definition) is 6. The van der Waals surface area contributed by atoms with Gasteiger partial charge in [0.05, 0.1) is 0 Å². The molecule has 0 saturated heterocycles. The molecular weight excluding hydrogens is 793 g/mol. The zero-order valence-corrected chi connectivity index (χ0v) is 43.9. The second-order valence-corrected chi connectivity index (χ2v) is 20.6. The predicted octanol–water partition coefficient (Wildman–Crippen LogP) is 18.9. The van der Waals surface area contributed by atoms with Crippen molar-refractivity contribution in [3.8, 4) is 0 Å². The number of ether oxygens (including phenoxy) is 3. The third-order valence-electron chi connectivity index (χ3n) is 13.6. The molecule has 0 rings (SSSR count). The topological polar surface area (TPSA) is 78.9 Å². The van der Waals surface area contributed by atoms with Crippen LogP contribution in [0.3, 0.4) is 0 Å². The standard InChI is InChI=1S/C58H112O6/c1-6-8-9-10-11-12-13-14-15-18-22-25-28-35-40-45-50-58(61)64-55(52-63-57(60)49-44-39-34-30-29-32-37-42-47-54(5)7-2)51-62-56(59)48-43-38-33-27-24-21-19-16-17-20-23-26-31-36-41-46-53(3)4/h53-55H,6-52H2,1-5H3/t54?,55-/m0/s1. The molecule has 0 amide bonds. The summed E-state index contributed by atoms with van der Waals surface area (Å²) >= 11 is 0. The van der Waals surface area contributed by atoms with Crippen LogP contribution in [0.4, 0.5) is 0 Å². The number of esters is 3. The Morgan fingerprint density at radius 3 is 0.891 bits per heavy atom. The minimum atomic E-state index is -0.763. The molecule has 6 heteroatoms. The number of carbonyl (C=O) groups excluding carboxylic acids is 3. The Morgan fingerprint density at radius 1 is 0.328 bits per heavy atom. The summed E-state index contributed by atoms with van der Waals surface area (Å²) in [6.45, 7) is 11.4. The summed E-state index contributed by atoms with van der Waals surface area (Å²) in [5.74, 6) is 0.856. The first-order valence-corrected chi connectivity index (χ1v) is 28.8. The fourth-order valence-corrected chi connectivity index (χ4v) is 8.84. The zero-order chi connectivity index (χ0) is 46.8. The summed E-state index contributed by atoms with van der Waals surface area (Å²) in [4.78, 5) is 38.1. The lowest BCUT2D eigenvalue weighted by Gasteiger charge is -2.18. The summed E-state index contributed by atoms with van der Waals surface area (Å²) in [5, 5.41) is 0. The molecule has 0 aliphatic rings. The molecule has 64 heavy (non-hydrogen) atoms. The Balaban J connectivity index is 4.28. The van der Waals surface area contributed by atoms with Gasteiger partial charge in [0.1, 0.15) is 13.2 Å². The molecule has 0 fully saturated rings. The minimum Gasteiger partial charge on any atom is -0.462 e. The van der Waals surface area contributed by atoms with Gasteiger partial charge in [0.2, 0.25) is 0 Å². The predicted molar refractivity (Wildman–Crippen MR) is 275 cm³/mol. The van der Waals surface area contributed by atoms with Crippen molar-refractivity contribution in [3.05, 3.63) is 0 Å². The average Bonchev–Trinajstić information content (AvgIpc) is 3.28. The SMILES string of the molecule is CCCCCCCCCCCCCCCCCCC(=O)O[C@@H](COC(=O)CCCCCCCCCCCCCCCCCC(C)C)COC(=O)CCCCCCCCCCC(C)CC. The van der Waals surface area contributed by atoms with Crippen molar-refractivity contribution >= 4 is 17.9 Å². The van der Waals surface area contributed by atoms with E-state index in [-0.39, 0.29) is 31.1 Å². The molecule has 0 aromatic carbocycles. The quantitative estimate of drug-likeness (QED) is 0.0344. The van der Waals surface area contributed by atoms with Crippen molar-refractivity contribution in [1.82, 2.24) is 0 Å². The second-order valence-electron chi connectivity index (χ2n) is 20.6. The molecule has 380 valence electrons. The van der Waals surface area contributed by atoms with Crippen LogP contribution in [0.2, 0.25) is 0 Å². The van der Waals surface area contributed by atoms with E-state index in [1.54, 1.807) is 0 Å². The highest BCUT2D eigenvalue weighted by Gasteiger charge is 2.19. The number of carbonyl (C=O) groups is 3. The van der Waals surface area contributed by atoms with Crippen molar-refractivity contribution in [1.29, 1.82) is 0 Å². The third-order valence-corrected chi connectivity index (χ3v) is 13.6. The lowest BCUT2D eigenvalue weighted by molar-refractivity contribution is -0.167. The summed E-state index contributed by atoms with van der Waals surface area (Å²) in [5.41, 5.74) is 0. The van der Waals surface area contributed by atoms with Gasteiger partial charge in [-0.2, -0.15) is 0 Å². The highest BCUT2D eigenvalue weighted by molar-refractivity contribution is 5.71. The monoisotopic (exact) mass is 905 g/mol. The van der Waals surface area contributed by atoms with Gasteiger partial charge < -0.3 is 14.2 Å². The van der Waals surface area contributed by atoms with Crippen molar-refractivity contribution < 1.29 is 28.6 Å². The van der Waals surface area contributed by atoms with E-state index >= 15 is 0 Å². The van der Waals surface area contributed by atoms with E-state index in [1.165, 1.54) is 212 Å². The van der Waals surface area contributed by atoms with Crippen LogP contribution < -0.4 is 0 Å². The minimum absolute atomic E-state index is 0.0630. The Kier molecular flexibility index (Phi) is 49.6. The van der Waals surface area contributed by atoms with E-state index in [1.807, 2.05) is 0 Å². The summed E-state index contributed by atoms with van der Waals surface area (Å²) in [7, 11) is 0. The first kappa shape index (κ1) is 62.4. The molecule has 6 nitrogen and oxygen atoms in total. The highest BCUT2D eigenvalue weighted by Crippen LogP contribution is 2.18. The Bertz CT molecular complexity index is 980. The maximum absolute atomic E-state index is 12.8. The summed E-state index contributed by atoms with van der Waals surface area (Å²) in [6, 6.07) is 0. The lowest BCUT2D eigenvalue weighted by atomic mass is 9.99. The Hall–Kier alpha value is -1.59. The van der Waals surface area contributed by atoms with Gasteiger partial charge in [-0.25, -0.2) is 0 Å². The van der Waals surface area contributed by atoms with Crippen LogP contribution in [0.25, 0.3) is 0 Å². The van der Waals surface area contributed by atoms with E-state index in [9.17, 15) is 14.4 Å². The van der Waals surface area contributed by atoms with Crippen molar-refractivity contribution in [2.24, 2.45) is 11.8 Å². The maximum atomic E-state index is 12.8. The zero-order valence-electron chi connectivity index (χ0n) is 43.9. The van der Waals surface area contributed by atoms with Gasteiger partial charge >= 0.3 is 17.9 Å². The summed E-state index contributed by atoms with van der Waals surface area (Å²) < 4.78 is 16.9. The van der Waals surface area contributed by atoms with Crippen LogP contribution in [0.1, 0.15) is 324 Å². The Labute approximate surface area is 399 Å². The van der Waals surface area contributed by atoms with Gasteiger partial charge in [0.25, 0.3) is 0 Å². The van der Waals surface area contributed by atoms with Crippen LogP contribution in [-0.2, 0) is 28.6 Å². The van der Waals surface area contributed by atoms with E-state index in [0.29, 0.717) is 19.3 Å². The van der Waals surface area contributed by atoms with Gasteiger partial charge in [-0.15, -0.1) is 0 Å². The number of unbranched alkanes of at least 4 members (excludes halogenated alkanes) is 36. The van der Waals surface area contributed by atoms with Crippen LogP contribution in [-0.4, -0.2) is 37.2 Å². The first-order chi connectivity index (χ1) is 31.3. The fraction of sp³-hybridized carbons (Fsp3) is 0.948. The van der Waals surface area contributed by atoms with Gasteiger partial charge in [-0.1, -0.05) is 285 Å². The van der Waals surface area contributed by atoms with E-state index < -0.39 is 6.10 Å². The van der Waals surface area contributed by atoms with Crippen LogP contribution >= 0.6 is 0 Å². The van der Waals surface area contributed by atoms with E-state index in [2.05, 4.69) is 34.6 Å². The normalized spacial score (nSPS) is 12.5. The fourth-order valence-electron chi connectivity index (χ4n) is 8.84. The molecule has 0 aromatic rings. The molecule has 0 aliphatic heterocycles. The third kappa shape index (κ3) is 49.8. The van der Waals surface area contributed by atoms with Crippen LogP contribution in [0.15, 0.2) is 0 Å². The van der Waals surface area contributed by atoms with Crippen molar-refractivity contribution in [3.63, 3.8) is 0 Å². The molecule has 0 saturated carbocycles. The molecule has 0 heterocycles. The molecule has 0 aromatic heterocycles. The molecule has 0 bridgehead atoms. The molecule has 0 radical (unpaired) electrons. The molecule has 2 atom stereocenters. The van der Waals surface area contributed by atoms with Gasteiger partial charge in [-0.05, 0) is 31.1 Å². The number of rotatable bonds is 52. The van der Waals surface area contributed by atoms with Crippen LogP contribution in [0.5, 0.6) is 0 Å². The molecule has 0 spiro atoms.